The minimum Gasteiger partial charge on any atom is -0.379 e. The number of hydrogen-bond acceptors (Lipinski definition) is 6. The molecule has 0 bridgehead atoms. The first kappa shape index (κ1) is 21.1. The summed E-state index contributed by atoms with van der Waals surface area (Å²) in [6.45, 7) is 2.94. The Morgan fingerprint density at radius 1 is 1.10 bits per heavy atom. The summed E-state index contributed by atoms with van der Waals surface area (Å²) >= 11 is 2.06. The van der Waals surface area contributed by atoms with Crippen molar-refractivity contribution in [2.75, 3.05) is 50.5 Å². The summed E-state index contributed by atoms with van der Waals surface area (Å²) in [5.74, 6) is 1.05. The summed E-state index contributed by atoms with van der Waals surface area (Å²) in [7, 11) is -3.51. The van der Waals surface area contributed by atoms with Gasteiger partial charge in [-0.3, -0.25) is 9.69 Å². The highest BCUT2D eigenvalue weighted by Gasteiger charge is 2.34. The fraction of sp³-hybridized carbons (Fsp3) is 0.650. The van der Waals surface area contributed by atoms with Gasteiger partial charge in [0.05, 0.1) is 24.7 Å². The van der Waals surface area contributed by atoms with E-state index in [9.17, 15) is 13.2 Å². The number of fused-ring (bicyclic) bond motifs is 1. The predicted molar refractivity (Wildman–Crippen MR) is 115 cm³/mol. The monoisotopic (exact) mass is 439 g/mol. The minimum atomic E-state index is -3.51. The normalized spacial score (nSPS) is 26.6. The molecule has 0 radical (unpaired) electrons. The van der Waals surface area contributed by atoms with Crippen molar-refractivity contribution in [3.8, 4) is 0 Å². The van der Waals surface area contributed by atoms with Crippen molar-refractivity contribution in [1.82, 2.24) is 9.21 Å². The number of amides is 1. The number of hydrogen-bond donors (Lipinski definition) is 1. The molecule has 2 saturated heterocycles. The second-order valence-electron chi connectivity index (χ2n) is 7.82. The smallest absolute Gasteiger partial charge is 0.243 e. The zero-order valence-electron chi connectivity index (χ0n) is 16.6. The topological polar surface area (TPSA) is 79.0 Å². The largest absolute Gasteiger partial charge is 0.379 e. The molecule has 1 aromatic carbocycles. The zero-order chi connectivity index (χ0) is 20.3. The Labute approximate surface area is 177 Å². The van der Waals surface area contributed by atoms with Crippen LogP contribution in [0.3, 0.4) is 0 Å². The van der Waals surface area contributed by atoms with E-state index in [1.54, 1.807) is 24.3 Å². The van der Waals surface area contributed by atoms with Crippen LogP contribution >= 0.6 is 11.8 Å². The van der Waals surface area contributed by atoms with Gasteiger partial charge in [-0.15, -0.1) is 0 Å². The van der Waals surface area contributed by atoms with Crippen LogP contribution in [-0.2, 0) is 19.6 Å². The first-order chi connectivity index (χ1) is 14.0. The van der Waals surface area contributed by atoms with E-state index < -0.39 is 10.0 Å². The van der Waals surface area contributed by atoms with Gasteiger partial charge in [0, 0.05) is 42.4 Å². The third kappa shape index (κ3) is 4.96. The van der Waals surface area contributed by atoms with Crippen molar-refractivity contribution in [2.45, 2.75) is 41.9 Å². The van der Waals surface area contributed by atoms with Crippen LogP contribution in [0.15, 0.2) is 29.2 Å². The highest BCUT2D eigenvalue weighted by atomic mass is 32.2. The lowest BCUT2D eigenvalue weighted by Gasteiger charge is -2.43. The van der Waals surface area contributed by atoms with Crippen molar-refractivity contribution in [3.63, 3.8) is 0 Å². The van der Waals surface area contributed by atoms with Crippen LogP contribution in [-0.4, -0.2) is 80.0 Å². The molecule has 1 saturated carbocycles. The maximum atomic E-state index is 12.7. The number of morpholine rings is 1. The molecule has 1 N–H and O–H groups in total. The van der Waals surface area contributed by atoms with Gasteiger partial charge in [-0.1, -0.05) is 12.8 Å². The molecule has 1 amide bonds. The van der Waals surface area contributed by atoms with Crippen LogP contribution in [0.4, 0.5) is 5.69 Å². The van der Waals surface area contributed by atoms with Crippen molar-refractivity contribution in [2.24, 2.45) is 0 Å². The second kappa shape index (κ2) is 9.34. The second-order valence-corrected chi connectivity index (χ2v) is 11.1. The molecule has 2 atom stereocenters. The van der Waals surface area contributed by atoms with E-state index in [1.165, 1.54) is 30.0 Å². The van der Waals surface area contributed by atoms with Crippen LogP contribution in [0.5, 0.6) is 0 Å². The molecule has 2 unspecified atom stereocenters. The van der Waals surface area contributed by atoms with E-state index in [1.807, 2.05) is 0 Å². The molecule has 9 heteroatoms. The number of ether oxygens (including phenoxy) is 1. The van der Waals surface area contributed by atoms with E-state index in [0.29, 0.717) is 49.8 Å². The number of nitrogens with zero attached hydrogens (tertiary/aromatic N) is 2. The third-order valence-corrected chi connectivity index (χ3v) is 9.25. The van der Waals surface area contributed by atoms with Crippen LogP contribution in [0.1, 0.15) is 25.7 Å². The maximum Gasteiger partial charge on any atom is 0.243 e. The van der Waals surface area contributed by atoms with Gasteiger partial charge in [0.1, 0.15) is 0 Å². The molecular formula is C20H29N3O4S2. The van der Waals surface area contributed by atoms with Crippen molar-refractivity contribution in [3.05, 3.63) is 24.3 Å². The molecule has 3 aliphatic rings. The van der Waals surface area contributed by atoms with E-state index in [2.05, 4.69) is 22.0 Å². The number of thioether (sulfide) groups is 1. The summed E-state index contributed by atoms with van der Waals surface area (Å²) in [4.78, 5) is 15.2. The number of sulfonamides is 1. The van der Waals surface area contributed by atoms with Crippen LogP contribution in [0.25, 0.3) is 0 Å². The molecule has 0 aromatic heterocycles. The van der Waals surface area contributed by atoms with Crippen LogP contribution in [0, 0.1) is 0 Å². The highest BCUT2D eigenvalue weighted by molar-refractivity contribution is 8.00. The predicted octanol–water partition coefficient (Wildman–Crippen LogP) is 2.01. The van der Waals surface area contributed by atoms with Crippen molar-refractivity contribution < 1.29 is 17.9 Å². The molecule has 4 rings (SSSR count). The Hall–Kier alpha value is -1.13. The summed E-state index contributed by atoms with van der Waals surface area (Å²) < 4.78 is 32.1. The number of carbonyl (C=O) groups is 1. The number of benzene rings is 1. The van der Waals surface area contributed by atoms with Gasteiger partial charge in [0.2, 0.25) is 15.9 Å². The van der Waals surface area contributed by atoms with Gasteiger partial charge in [0.15, 0.2) is 0 Å². The van der Waals surface area contributed by atoms with Crippen molar-refractivity contribution >= 4 is 33.4 Å². The first-order valence-corrected chi connectivity index (χ1v) is 12.9. The van der Waals surface area contributed by atoms with Gasteiger partial charge < -0.3 is 10.1 Å². The maximum absolute atomic E-state index is 12.7. The lowest BCUT2D eigenvalue weighted by Crippen LogP contribution is -2.51. The fourth-order valence-electron chi connectivity index (χ4n) is 4.40. The Morgan fingerprint density at radius 3 is 2.59 bits per heavy atom. The van der Waals surface area contributed by atoms with E-state index >= 15 is 0 Å². The highest BCUT2D eigenvalue weighted by Crippen LogP contribution is 2.35. The molecule has 2 heterocycles. The number of rotatable bonds is 5. The molecule has 1 aliphatic carbocycles. The number of nitrogens with one attached hydrogen (secondary N) is 1. The Bertz CT molecular complexity index is 808. The standard InChI is InChI=1S/C20H29N3O4S2/c24-20(15-22-11-14-28-19-4-2-1-3-18(19)22)21-16-5-7-17(8-6-16)29(25,26)23-9-12-27-13-10-23/h5-8,18-19H,1-4,9-15H2,(H,21,24). The molecule has 2 aliphatic heterocycles. The molecule has 29 heavy (non-hydrogen) atoms. The van der Waals surface area contributed by atoms with E-state index in [4.69, 9.17) is 4.74 Å². The molecular weight excluding hydrogens is 410 g/mol. The minimum absolute atomic E-state index is 0.0370. The average Bonchev–Trinajstić information content (AvgIpc) is 2.75. The number of carbonyl (C=O) groups excluding carboxylic acids is 1. The Kier molecular flexibility index (Phi) is 6.80. The summed E-state index contributed by atoms with van der Waals surface area (Å²) in [6, 6.07) is 6.97. The lowest BCUT2D eigenvalue weighted by molar-refractivity contribution is -0.118. The average molecular weight is 440 g/mol. The third-order valence-electron chi connectivity index (χ3n) is 5.94. The van der Waals surface area contributed by atoms with Gasteiger partial charge >= 0.3 is 0 Å². The Morgan fingerprint density at radius 2 is 1.83 bits per heavy atom. The van der Waals surface area contributed by atoms with Gasteiger partial charge in [-0.25, -0.2) is 8.42 Å². The number of anilines is 1. The van der Waals surface area contributed by atoms with E-state index in [-0.39, 0.29) is 10.8 Å². The summed E-state index contributed by atoms with van der Waals surface area (Å²) in [5, 5.41) is 3.59. The Balaban J connectivity index is 1.35. The van der Waals surface area contributed by atoms with Crippen molar-refractivity contribution in [1.29, 1.82) is 0 Å². The fourth-order valence-corrected chi connectivity index (χ4v) is 7.32. The molecule has 1 aromatic rings. The SMILES string of the molecule is O=C(CN1CCSC2CCCCC21)Nc1ccc(S(=O)(=O)N2CCOCC2)cc1. The van der Waals surface area contributed by atoms with Gasteiger partial charge in [-0.2, -0.15) is 16.1 Å². The molecule has 0 spiro atoms. The first-order valence-electron chi connectivity index (χ1n) is 10.4. The zero-order valence-corrected chi connectivity index (χ0v) is 18.2. The molecule has 3 fully saturated rings. The van der Waals surface area contributed by atoms with E-state index in [0.717, 1.165) is 12.3 Å². The summed E-state index contributed by atoms with van der Waals surface area (Å²) in [5.41, 5.74) is 0.627. The molecule has 7 nitrogen and oxygen atoms in total. The molecule has 160 valence electrons. The van der Waals surface area contributed by atoms with Gasteiger partial charge in [-0.05, 0) is 37.1 Å². The van der Waals surface area contributed by atoms with Crippen LogP contribution < -0.4 is 5.32 Å². The van der Waals surface area contributed by atoms with Gasteiger partial charge in [0.25, 0.3) is 0 Å². The summed E-state index contributed by atoms with van der Waals surface area (Å²) in [6.07, 6.45) is 4.98. The lowest BCUT2D eigenvalue weighted by atomic mass is 9.93. The quantitative estimate of drug-likeness (QED) is 0.756. The van der Waals surface area contributed by atoms with Crippen LogP contribution in [0.2, 0.25) is 0 Å².